The molecule has 5 rings (SSSR count). The SMILES string of the molecule is C[C@](O)(c1ccc(N2CCN(S(=O)(=O)c3cccs3)C[C@@H]2CN2CCS(=O)(=O)C[C@H]2C2CC2)cc1)C(F)(F)F. The van der Waals surface area contributed by atoms with E-state index in [9.17, 15) is 35.1 Å². The van der Waals surface area contributed by atoms with E-state index in [-0.39, 0.29) is 46.5 Å². The number of anilines is 1. The van der Waals surface area contributed by atoms with Gasteiger partial charge in [-0.15, -0.1) is 11.3 Å². The Labute approximate surface area is 231 Å². The summed E-state index contributed by atoms with van der Waals surface area (Å²) in [4.78, 5) is 4.14. The molecule has 14 heteroatoms. The topological polar surface area (TPSA) is 98.2 Å². The molecule has 0 radical (unpaired) electrons. The third-order valence-electron chi connectivity index (χ3n) is 8.04. The van der Waals surface area contributed by atoms with Crippen LogP contribution in [-0.4, -0.2) is 93.6 Å². The number of sulfone groups is 1. The molecule has 2 saturated heterocycles. The van der Waals surface area contributed by atoms with E-state index in [2.05, 4.69) is 4.90 Å². The van der Waals surface area contributed by atoms with Gasteiger partial charge in [0.25, 0.3) is 10.0 Å². The second-order valence-electron chi connectivity index (χ2n) is 10.8. The predicted molar refractivity (Wildman–Crippen MR) is 143 cm³/mol. The number of sulfonamides is 1. The number of piperazine rings is 1. The molecule has 0 amide bonds. The van der Waals surface area contributed by atoms with Crippen LogP contribution in [0.4, 0.5) is 18.9 Å². The van der Waals surface area contributed by atoms with Crippen LogP contribution in [0.5, 0.6) is 0 Å². The van der Waals surface area contributed by atoms with Crippen molar-refractivity contribution in [1.29, 1.82) is 0 Å². The molecule has 1 aliphatic carbocycles. The number of rotatable bonds is 7. The van der Waals surface area contributed by atoms with Crippen LogP contribution in [0.15, 0.2) is 46.0 Å². The van der Waals surface area contributed by atoms with Gasteiger partial charge >= 0.3 is 6.18 Å². The van der Waals surface area contributed by atoms with Crippen molar-refractivity contribution in [3.8, 4) is 0 Å². The molecule has 1 aromatic carbocycles. The van der Waals surface area contributed by atoms with E-state index in [0.29, 0.717) is 38.2 Å². The smallest absolute Gasteiger partial charge is 0.376 e. The largest absolute Gasteiger partial charge is 0.421 e. The lowest BCUT2D eigenvalue weighted by molar-refractivity contribution is -0.258. The summed E-state index contributed by atoms with van der Waals surface area (Å²) >= 11 is 1.14. The normalized spacial score (nSPS) is 26.8. The maximum absolute atomic E-state index is 13.4. The molecule has 0 bridgehead atoms. The summed E-state index contributed by atoms with van der Waals surface area (Å²) < 4.78 is 93.2. The van der Waals surface area contributed by atoms with Gasteiger partial charge in [0.15, 0.2) is 15.4 Å². The van der Waals surface area contributed by atoms with Crippen LogP contribution in [0.1, 0.15) is 25.3 Å². The van der Waals surface area contributed by atoms with E-state index in [1.807, 2.05) is 4.90 Å². The molecule has 3 fully saturated rings. The summed E-state index contributed by atoms with van der Waals surface area (Å²) in [5.74, 6) is 0.427. The van der Waals surface area contributed by atoms with Crippen molar-refractivity contribution >= 4 is 36.9 Å². The summed E-state index contributed by atoms with van der Waals surface area (Å²) in [6.07, 6.45) is -2.92. The van der Waals surface area contributed by atoms with Gasteiger partial charge in [0.1, 0.15) is 4.21 Å². The number of nitrogens with zero attached hydrogens (tertiary/aromatic N) is 3. The summed E-state index contributed by atoms with van der Waals surface area (Å²) in [5.41, 5.74) is -2.68. The fraction of sp³-hybridized carbons (Fsp3) is 0.600. The van der Waals surface area contributed by atoms with E-state index >= 15 is 0 Å². The molecular weight excluding hydrogens is 575 g/mol. The van der Waals surface area contributed by atoms with E-state index in [1.54, 1.807) is 17.5 Å². The van der Waals surface area contributed by atoms with Gasteiger partial charge in [0.2, 0.25) is 0 Å². The van der Waals surface area contributed by atoms with Crippen molar-refractivity contribution in [2.75, 3.05) is 49.1 Å². The Hall–Kier alpha value is -1.71. The van der Waals surface area contributed by atoms with Crippen LogP contribution >= 0.6 is 11.3 Å². The van der Waals surface area contributed by atoms with Gasteiger partial charge in [-0.1, -0.05) is 18.2 Å². The zero-order valence-electron chi connectivity index (χ0n) is 21.4. The van der Waals surface area contributed by atoms with E-state index in [0.717, 1.165) is 24.2 Å². The minimum Gasteiger partial charge on any atom is -0.376 e. The second kappa shape index (κ2) is 10.3. The van der Waals surface area contributed by atoms with Crippen LogP contribution in [0.3, 0.4) is 0 Å². The highest BCUT2D eigenvalue weighted by Gasteiger charge is 2.51. The molecular formula is C25H32F3N3O5S3. The summed E-state index contributed by atoms with van der Waals surface area (Å²) in [6, 6.07) is 8.28. The maximum Gasteiger partial charge on any atom is 0.421 e. The number of hydrogen-bond acceptors (Lipinski definition) is 8. The van der Waals surface area contributed by atoms with Gasteiger partial charge in [0, 0.05) is 44.5 Å². The van der Waals surface area contributed by atoms with Crippen molar-refractivity contribution in [3.05, 3.63) is 47.3 Å². The van der Waals surface area contributed by atoms with Gasteiger partial charge < -0.3 is 10.0 Å². The highest BCUT2D eigenvalue weighted by molar-refractivity contribution is 7.91. The highest BCUT2D eigenvalue weighted by Crippen LogP contribution is 2.40. The van der Waals surface area contributed by atoms with Gasteiger partial charge in [-0.2, -0.15) is 17.5 Å². The summed E-state index contributed by atoms with van der Waals surface area (Å²) in [7, 11) is -6.87. The lowest BCUT2D eigenvalue weighted by Gasteiger charge is -2.46. The monoisotopic (exact) mass is 607 g/mol. The van der Waals surface area contributed by atoms with Crippen molar-refractivity contribution < 1.29 is 35.1 Å². The Kier molecular flexibility index (Phi) is 7.60. The average Bonchev–Trinajstić information content (AvgIpc) is 3.56. The van der Waals surface area contributed by atoms with E-state index in [1.165, 1.54) is 28.6 Å². The maximum atomic E-state index is 13.4. The molecule has 216 valence electrons. The van der Waals surface area contributed by atoms with Gasteiger partial charge in [0.05, 0.1) is 17.5 Å². The standard InChI is InChI=1S/C25H32F3N3O5S3/c1-24(32,25(26,27)28)19-6-8-20(9-7-19)31-11-10-30(39(35,36)23-3-2-13-37-23)16-21(31)15-29-12-14-38(33,34)17-22(29)18-4-5-18/h2-3,6-9,13,18,21-22,32H,4-5,10-12,14-17H2,1H3/t21-,22-,24-/m0/s1. The zero-order valence-corrected chi connectivity index (χ0v) is 23.9. The fourth-order valence-corrected chi connectivity index (χ4v) is 9.80. The first-order valence-electron chi connectivity index (χ1n) is 12.8. The molecule has 8 nitrogen and oxygen atoms in total. The Balaban J connectivity index is 1.43. The van der Waals surface area contributed by atoms with Crippen LogP contribution in [0.2, 0.25) is 0 Å². The molecule has 39 heavy (non-hydrogen) atoms. The molecule has 3 heterocycles. The average molecular weight is 608 g/mol. The predicted octanol–water partition coefficient (Wildman–Crippen LogP) is 2.91. The number of halogens is 3. The highest BCUT2D eigenvalue weighted by atomic mass is 32.2. The second-order valence-corrected chi connectivity index (χ2v) is 16.1. The first-order chi connectivity index (χ1) is 18.2. The van der Waals surface area contributed by atoms with Gasteiger partial charge in [-0.05, 0) is 54.8 Å². The Morgan fingerprint density at radius 1 is 1.08 bits per heavy atom. The van der Waals surface area contributed by atoms with Gasteiger partial charge in [-0.3, -0.25) is 4.90 Å². The number of benzene rings is 1. The minimum absolute atomic E-state index is 0.0430. The molecule has 2 aromatic rings. The first kappa shape index (κ1) is 28.8. The Bertz CT molecular complexity index is 1380. The molecule has 3 aliphatic rings. The molecule has 3 atom stereocenters. The third-order valence-corrected chi connectivity index (χ3v) is 12.9. The van der Waals surface area contributed by atoms with Crippen LogP contribution < -0.4 is 4.90 Å². The van der Waals surface area contributed by atoms with E-state index in [4.69, 9.17) is 0 Å². The summed E-state index contributed by atoms with van der Waals surface area (Å²) in [6.45, 7) is 2.15. The Morgan fingerprint density at radius 3 is 2.36 bits per heavy atom. The third kappa shape index (κ3) is 5.87. The molecule has 1 saturated carbocycles. The Morgan fingerprint density at radius 2 is 1.77 bits per heavy atom. The number of thiophene rings is 1. The summed E-state index contributed by atoms with van der Waals surface area (Å²) in [5, 5.41) is 11.8. The van der Waals surface area contributed by atoms with Crippen molar-refractivity contribution in [2.24, 2.45) is 5.92 Å². The van der Waals surface area contributed by atoms with Crippen LogP contribution in [0, 0.1) is 5.92 Å². The molecule has 2 aliphatic heterocycles. The quantitative estimate of drug-likeness (QED) is 0.517. The number of aliphatic hydroxyl groups is 1. The van der Waals surface area contributed by atoms with Crippen LogP contribution in [-0.2, 0) is 25.5 Å². The minimum atomic E-state index is -4.84. The van der Waals surface area contributed by atoms with Crippen molar-refractivity contribution in [1.82, 2.24) is 9.21 Å². The number of hydrogen-bond donors (Lipinski definition) is 1. The van der Waals surface area contributed by atoms with Crippen LogP contribution in [0.25, 0.3) is 0 Å². The fourth-order valence-electron chi connectivity index (χ4n) is 5.50. The van der Waals surface area contributed by atoms with Crippen molar-refractivity contribution in [2.45, 2.75) is 47.8 Å². The zero-order chi connectivity index (χ0) is 28.2. The lowest BCUT2D eigenvalue weighted by Crippen LogP contribution is -2.61. The molecule has 0 unspecified atom stereocenters. The lowest BCUT2D eigenvalue weighted by atomic mass is 9.95. The first-order valence-corrected chi connectivity index (χ1v) is 17.0. The van der Waals surface area contributed by atoms with E-state index < -0.39 is 31.6 Å². The van der Waals surface area contributed by atoms with Crippen molar-refractivity contribution in [3.63, 3.8) is 0 Å². The number of alkyl halides is 3. The molecule has 0 spiro atoms. The van der Waals surface area contributed by atoms with Gasteiger partial charge in [-0.25, -0.2) is 16.8 Å². The molecule has 1 aromatic heterocycles. The molecule has 1 N–H and O–H groups in total.